The summed E-state index contributed by atoms with van der Waals surface area (Å²) in [5.41, 5.74) is 0.698. The predicted molar refractivity (Wildman–Crippen MR) is 59.5 cm³/mol. The van der Waals surface area contributed by atoms with E-state index in [9.17, 15) is 0 Å². The Kier molecular flexibility index (Phi) is 3.02. The zero-order valence-electron chi connectivity index (χ0n) is 8.58. The van der Waals surface area contributed by atoms with Crippen molar-refractivity contribution in [2.24, 2.45) is 0 Å². The largest absolute Gasteiger partial charge is 0.496 e. The van der Waals surface area contributed by atoms with Crippen LogP contribution < -0.4 is 4.74 Å². The van der Waals surface area contributed by atoms with E-state index in [4.69, 9.17) is 26.5 Å². The SMILES string of the molecule is COc1ccccc1-c1nn(CO)c(=S)o1. The van der Waals surface area contributed by atoms with Gasteiger partial charge in [-0.25, -0.2) is 0 Å². The molecule has 1 aromatic heterocycles. The molecule has 5 nitrogen and oxygen atoms in total. The smallest absolute Gasteiger partial charge is 0.289 e. The van der Waals surface area contributed by atoms with Crippen LogP contribution in [0.3, 0.4) is 0 Å². The highest BCUT2D eigenvalue weighted by molar-refractivity contribution is 7.71. The van der Waals surface area contributed by atoms with Gasteiger partial charge >= 0.3 is 0 Å². The van der Waals surface area contributed by atoms with Gasteiger partial charge < -0.3 is 14.3 Å². The Morgan fingerprint density at radius 3 is 2.88 bits per heavy atom. The number of benzene rings is 1. The van der Waals surface area contributed by atoms with Crippen LogP contribution in [0, 0.1) is 4.84 Å². The van der Waals surface area contributed by atoms with Crippen LogP contribution in [0.15, 0.2) is 28.7 Å². The highest BCUT2D eigenvalue weighted by Gasteiger charge is 2.11. The fourth-order valence-corrected chi connectivity index (χ4v) is 1.50. The number of hydrogen-bond acceptors (Lipinski definition) is 5. The molecule has 6 heteroatoms. The lowest BCUT2D eigenvalue weighted by atomic mass is 10.2. The van der Waals surface area contributed by atoms with Crippen molar-refractivity contribution in [3.8, 4) is 17.2 Å². The lowest BCUT2D eigenvalue weighted by Crippen LogP contribution is -1.98. The van der Waals surface area contributed by atoms with Gasteiger partial charge in [-0.15, -0.1) is 5.10 Å². The summed E-state index contributed by atoms with van der Waals surface area (Å²) in [5, 5.41) is 13.0. The minimum Gasteiger partial charge on any atom is -0.496 e. The lowest BCUT2D eigenvalue weighted by molar-refractivity contribution is 0.190. The Bertz CT molecular complexity index is 547. The van der Waals surface area contributed by atoms with E-state index in [0.29, 0.717) is 17.2 Å². The molecule has 84 valence electrons. The predicted octanol–water partition coefficient (Wildman–Crippen LogP) is 1.83. The Hall–Kier alpha value is -1.66. The molecule has 1 aromatic carbocycles. The first kappa shape index (κ1) is 10.8. The van der Waals surface area contributed by atoms with Crippen molar-refractivity contribution in [3.05, 3.63) is 29.1 Å². The van der Waals surface area contributed by atoms with Gasteiger partial charge in [-0.05, 0) is 24.4 Å². The Morgan fingerprint density at radius 1 is 1.50 bits per heavy atom. The highest BCUT2D eigenvalue weighted by Crippen LogP contribution is 2.28. The molecule has 0 aliphatic heterocycles. The van der Waals surface area contributed by atoms with Crippen LogP contribution in [-0.4, -0.2) is 22.0 Å². The van der Waals surface area contributed by atoms with Gasteiger partial charge in [-0.1, -0.05) is 12.1 Å². The van der Waals surface area contributed by atoms with Gasteiger partial charge in [0.1, 0.15) is 12.5 Å². The summed E-state index contributed by atoms with van der Waals surface area (Å²) in [6.07, 6.45) is 0. The number of hydrogen-bond donors (Lipinski definition) is 1. The van der Waals surface area contributed by atoms with E-state index in [-0.39, 0.29) is 11.6 Å². The number of methoxy groups -OCH3 is 1. The van der Waals surface area contributed by atoms with E-state index in [2.05, 4.69) is 5.10 Å². The normalized spacial score (nSPS) is 10.4. The molecule has 1 heterocycles. The summed E-state index contributed by atoms with van der Waals surface area (Å²) in [7, 11) is 1.57. The van der Waals surface area contributed by atoms with E-state index in [0.717, 1.165) is 0 Å². The monoisotopic (exact) mass is 238 g/mol. The molecule has 0 fully saturated rings. The van der Waals surface area contributed by atoms with Crippen LogP contribution in [0.25, 0.3) is 11.5 Å². The summed E-state index contributed by atoms with van der Waals surface area (Å²) in [6.45, 7) is -0.308. The van der Waals surface area contributed by atoms with E-state index in [1.807, 2.05) is 12.1 Å². The van der Waals surface area contributed by atoms with Crippen molar-refractivity contribution in [1.82, 2.24) is 9.78 Å². The second-order valence-electron chi connectivity index (χ2n) is 3.01. The van der Waals surface area contributed by atoms with Crippen molar-refractivity contribution >= 4 is 12.2 Å². The second-order valence-corrected chi connectivity index (χ2v) is 3.36. The Balaban J connectivity index is 2.54. The number of aliphatic hydroxyl groups is 1. The molecule has 0 spiro atoms. The quantitative estimate of drug-likeness (QED) is 0.827. The molecular formula is C10H10N2O3S. The van der Waals surface area contributed by atoms with Gasteiger partial charge in [-0.3, -0.25) is 0 Å². The first-order chi connectivity index (χ1) is 7.76. The number of rotatable bonds is 3. The molecule has 2 rings (SSSR count). The van der Waals surface area contributed by atoms with Crippen molar-refractivity contribution in [1.29, 1.82) is 0 Å². The van der Waals surface area contributed by atoms with E-state index >= 15 is 0 Å². The first-order valence-corrected chi connectivity index (χ1v) is 4.99. The number of nitrogens with zero attached hydrogens (tertiary/aromatic N) is 2. The summed E-state index contributed by atoms with van der Waals surface area (Å²) in [5.74, 6) is 0.973. The third-order valence-corrected chi connectivity index (χ3v) is 2.37. The average Bonchev–Trinajstić information content (AvgIpc) is 2.70. The minimum atomic E-state index is -0.308. The van der Waals surface area contributed by atoms with Gasteiger partial charge in [0.25, 0.3) is 10.7 Å². The molecule has 0 saturated heterocycles. The third kappa shape index (κ3) is 1.84. The van der Waals surface area contributed by atoms with Gasteiger partial charge in [0.05, 0.1) is 12.7 Å². The fourth-order valence-electron chi connectivity index (χ4n) is 1.33. The van der Waals surface area contributed by atoms with Crippen LogP contribution in [0.4, 0.5) is 0 Å². The van der Waals surface area contributed by atoms with Crippen molar-refractivity contribution in [2.45, 2.75) is 6.73 Å². The summed E-state index contributed by atoms with van der Waals surface area (Å²) in [4.78, 5) is 0.128. The molecule has 0 aliphatic rings. The zero-order chi connectivity index (χ0) is 11.5. The van der Waals surface area contributed by atoms with Gasteiger partial charge in [0.15, 0.2) is 0 Å². The number of aliphatic hydroxyl groups excluding tert-OH is 1. The van der Waals surface area contributed by atoms with Gasteiger partial charge in [-0.2, -0.15) is 4.68 Å². The van der Waals surface area contributed by atoms with E-state index in [1.165, 1.54) is 4.68 Å². The molecule has 0 amide bonds. The molecule has 2 aromatic rings. The summed E-state index contributed by atoms with van der Waals surface area (Å²) < 4.78 is 11.6. The van der Waals surface area contributed by atoms with Crippen molar-refractivity contribution in [2.75, 3.05) is 7.11 Å². The molecule has 1 N–H and O–H groups in total. The van der Waals surface area contributed by atoms with Crippen LogP contribution in [0.5, 0.6) is 5.75 Å². The maximum atomic E-state index is 8.95. The van der Waals surface area contributed by atoms with Crippen LogP contribution >= 0.6 is 12.2 Å². The number of para-hydroxylation sites is 1. The van der Waals surface area contributed by atoms with Crippen molar-refractivity contribution < 1.29 is 14.3 Å². The first-order valence-electron chi connectivity index (χ1n) is 4.58. The molecule has 0 aliphatic carbocycles. The summed E-state index contributed by atoms with van der Waals surface area (Å²) >= 11 is 4.88. The van der Waals surface area contributed by atoms with Gasteiger partial charge in [0, 0.05) is 0 Å². The fraction of sp³-hybridized carbons (Fsp3) is 0.200. The number of aromatic nitrogens is 2. The van der Waals surface area contributed by atoms with Crippen LogP contribution in [0.2, 0.25) is 0 Å². The number of ether oxygens (including phenoxy) is 1. The Morgan fingerprint density at radius 2 is 2.25 bits per heavy atom. The zero-order valence-corrected chi connectivity index (χ0v) is 9.40. The van der Waals surface area contributed by atoms with E-state index < -0.39 is 0 Å². The van der Waals surface area contributed by atoms with Crippen LogP contribution in [-0.2, 0) is 6.73 Å². The lowest BCUT2D eigenvalue weighted by Gasteiger charge is -2.03. The van der Waals surface area contributed by atoms with Crippen molar-refractivity contribution in [3.63, 3.8) is 0 Å². The topological polar surface area (TPSA) is 60.4 Å². The molecule has 0 saturated carbocycles. The molecule has 0 unspecified atom stereocenters. The van der Waals surface area contributed by atoms with Crippen LogP contribution in [0.1, 0.15) is 0 Å². The van der Waals surface area contributed by atoms with E-state index in [1.54, 1.807) is 19.2 Å². The molecular weight excluding hydrogens is 228 g/mol. The Labute approximate surface area is 96.9 Å². The summed E-state index contributed by atoms with van der Waals surface area (Å²) in [6, 6.07) is 7.29. The molecule has 0 radical (unpaired) electrons. The maximum absolute atomic E-state index is 8.95. The molecule has 0 bridgehead atoms. The standard InChI is InChI=1S/C10H10N2O3S/c1-14-8-5-3-2-4-7(8)9-11-12(6-13)10(16)15-9/h2-5,13H,6H2,1H3. The molecule has 16 heavy (non-hydrogen) atoms. The minimum absolute atomic E-state index is 0.128. The second kappa shape index (κ2) is 4.46. The molecule has 0 atom stereocenters. The van der Waals surface area contributed by atoms with Gasteiger partial charge in [0.2, 0.25) is 0 Å². The highest BCUT2D eigenvalue weighted by atomic mass is 32.1. The maximum Gasteiger partial charge on any atom is 0.289 e. The average molecular weight is 238 g/mol. The third-order valence-electron chi connectivity index (χ3n) is 2.08.